The zero-order chi connectivity index (χ0) is 26.3. The maximum absolute atomic E-state index is 13.2. The Labute approximate surface area is 209 Å². The topological polar surface area (TPSA) is 94.3 Å². The van der Waals surface area contributed by atoms with E-state index in [-0.39, 0.29) is 29.6 Å². The Hall–Kier alpha value is -3.35. The van der Waals surface area contributed by atoms with E-state index in [1.807, 2.05) is 52.0 Å². The standard InChI is InChI=1S/C28H40N4O3/c1-17(2)13-14-24-22(21-11-9-10-12-23(21)31-24)15-16-29-27(34)26(19(5)6)32(8)28(35)25(18(3)4)30-20(7)33/h9-13,15-16,18-19,25-26,31H,14H2,1-8H3,(H,29,34)(H,30,33)/b16-15+/t25-,26-/m0/s1. The summed E-state index contributed by atoms with van der Waals surface area (Å²) in [7, 11) is 1.62. The van der Waals surface area contributed by atoms with E-state index >= 15 is 0 Å². The summed E-state index contributed by atoms with van der Waals surface area (Å²) >= 11 is 0. The second kappa shape index (κ2) is 12.4. The van der Waals surface area contributed by atoms with Gasteiger partial charge in [-0.25, -0.2) is 0 Å². The lowest BCUT2D eigenvalue weighted by Gasteiger charge is -2.33. The van der Waals surface area contributed by atoms with Crippen LogP contribution in [-0.4, -0.2) is 46.7 Å². The molecule has 0 aliphatic rings. The number of nitrogens with one attached hydrogen (secondary N) is 3. The molecular weight excluding hydrogens is 440 g/mol. The maximum Gasteiger partial charge on any atom is 0.246 e. The molecule has 0 bridgehead atoms. The number of hydrogen-bond donors (Lipinski definition) is 3. The second-order valence-corrected chi connectivity index (χ2v) is 9.95. The Bertz CT molecular complexity index is 1110. The first-order valence-corrected chi connectivity index (χ1v) is 12.2. The van der Waals surface area contributed by atoms with Gasteiger partial charge in [0.15, 0.2) is 0 Å². The molecule has 1 aromatic carbocycles. The van der Waals surface area contributed by atoms with E-state index < -0.39 is 12.1 Å². The molecule has 2 atom stereocenters. The number of aromatic amines is 1. The molecular formula is C28H40N4O3. The summed E-state index contributed by atoms with van der Waals surface area (Å²) in [5.41, 5.74) is 4.37. The molecule has 0 aliphatic heterocycles. The fraction of sp³-hybridized carbons (Fsp3) is 0.464. The number of hydrogen-bond acceptors (Lipinski definition) is 3. The molecule has 7 heteroatoms. The molecule has 35 heavy (non-hydrogen) atoms. The molecule has 0 unspecified atom stereocenters. The van der Waals surface area contributed by atoms with Gasteiger partial charge in [-0.3, -0.25) is 14.4 Å². The van der Waals surface area contributed by atoms with Crippen LogP contribution in [-0.2, 0) is 20.8 Å². The third kappa shape index (κ3) is 7.31. The summed E-state index contributed by atoms with van der Waals surface area (Å²) in [4.78, 5) is 42.9. The van der Waals surface area contributed by atoms with E-state index in [0.29, 0.717) is 0 Å². The number of likely N-dealkylation sites (N-methyl/N-ethyl adjacent to an activating group) is 1. The number of H-pyrrole nitrogens is 1. The monoisotopic (exact) mass is 480 g/mol. The van der Waals surface area contributed by atoms with Crippen LogP contribution < -0.4 is 10.6 Å². The summed E-state index contributed by atoms with van der Waals surface area (Å²) in [5, 5.41) is 6.67. The van der Waals surface area contributed by atoms with E-state index in [0.717, 1.165) is 28.6 Å². The Morgan fingerprint density at radius 3 is 2.26 bits per heavy atom. The van der Waals surface area contributed by atoms with Gasteiger partial charge in [-0.05, 0) is 37.8 Å². The minimum Gasteiger partial charge on any atom is -0.358 e. The summed E-state index contributed by atoms with van der Waals surface area (Å²) in [5.74, 6) is -1.06. The van der Waals surface area contributed by atoms with Crippen molar-refractivity contribution in [3.63, 3.8) is 0 Å². The van der Waals surface area contributed by atoms with Crippen molar-refractivity contribution in [3.05, 3.63) is 53.4 Å². The largest absolute Gasteiger partial charge is 0.358 e. The number of nitrogens with zero attached hydrogens (tertiary/aromatic N) is 1. The first-order valence-electron chi connectivity index (χ1n) is 12.2. The van der Waals surface area contributed by atoms with Crippen molar-refractivity contribution < 1.29 is 14.4 Å². The highest BCUT2D eigenvalue weighted by Crippen LogP contribution is 2.24. The number of amides is 3. The van der Waals surface area contributed by atoms with E-state index in [4.69, 9.17) is 0 Å². The lowest BCUT2D eigenvalue weighted by molar-refractivity contribution is -0.143. The lowest BCUT2D eigenvalue weighted by atomic mass is 9.98. The molecule has 2 aromatic rings. The number of aromatic nitrogens is 1. The number of benzene rings is 1. The van der Waals surface area contributed by atoms with E-state index in [9.17, 15) is 14.4 Å². The first kappa shape index (κ1) is 27.9. The molecule has 0 saturated carbocycles. The number of fused-ring (bicyclic) bond motifs is 1. The van der Waals surface area contributed by atoms with Crippen molar-refractivity contribution in [2.24, 2.45) is 11.8 Å². The third-order valence-electron chi connectivity index (χ3n) is 5.97. The van der Waals surface area contributed by atoms with Gasteiger partial charge in [-0.2, -0.15) is 0 Å². The van der Waals surface area contributed by atoms with Crippen LogP contribution in [0.4, 0.5) is 0 Å². The van der Waals surface area contributed by atoms with Crippen LogP contribution in [0.15, 0.2) is 42.1 Å². The summed E-state index contributed by atoms with van der Waals surface area (Å²) < 4.78 is 0. The van der Waals surface area contributed by atoms with Crippen molar-refractivity contribution >= 4 is 34.7 Å². The molecule has 3 N–H and O–H groups in total. The van der Waals surface area contributed by atoms with Gasteiger partial charge in [0.1, 0.15) is 12.1 Å². The highest BCUT2D eigenvalue weighted by molar-refractivity contribution is 5.93. The van der Waals surface area contributed by atoms with Gasteiger partial charge < -0.3 is 20.5 Å². The zero-order valence-electron chi connectivity index (χ0n) is 22.2. The number of allylic oxidation sites excluding steroid dienone is 2. The molecule has 7 nitrogen and oxygen atoms in total. The van der Waals surface area contributed by atoms with Crippen molar-refractivity contribution in [2.75, 3.05) is 7.05 Å². The number of rotatable bonds is 10. The van der Waals surface area contributed by atoms with Crippen LogP contribution in [0.2, 0.25) is 0 Å². The van der Waals surface area contributed by atoms with Gasteiger partial charge >= 0.3 is 0 Å². The molecule has 0 fully saturated rings. The Morgan fingerprint density at radius 1 is 1.03 bits per heavy atom. The van der Waals surface area contributed by atoms with Gasteiger partial charge in [0, 0.05) is 48.8 Å². The molecule has 2 rings (SSSR count). The first-order chi connectivity index (χ1) is 16.4. The Morgan fingerprint density at radius 2 is 1.69 bits per heavy atom. The lowest BCUT2D eigenvalue weighted by Crippen LogP contribution is -2.56. The van der Waals surface area contributed by atoms with E-state index in [1.54, 1.807) is 13.2 Å². The minimum absolute atomic E-state index is 0.106. The summed E-state index contributed by atoms with van der Waals surface area (Å²) in [6.45, 7) is 13.1. The van der Waals surface area contributed by atoms with Gasteiger partial charge in [0.05, 0.1) is 0 Å². The fourth-order valence-corrected chi connectivity index (χ4v) is 4.18. The highest BCUT2D eigenvalue weighted by Gasteiger charge is 2.34. The molecule has 3 amide bonds. The molecule has 190 valence electrons. The second-order valence-electron chi connectivity index (χ2n) is 9.95. The quantitative estimate of drug-likeness (QED) is 0.440. The van der Waals surface area contributed by atoms with Gasteiger partial charge in [-0.1, -0.05) is 57.5 Å². The van der Waals surface area contributed by atoms with E-state index in [2.05, 4.69) is 41.6 Å². The van der Waals surface area contributed by atoms with Gasteiger partial charge in [0.25, 0.3) is 0 Å². The molecule has 0 aliphatic carbocycles. The Kier molecular flexibility index (Phi) is 9.87. The van der Waals surface area contributed by atoms with Crippen LogP contribution in [0.5, 0.6) is 0 Å². The highest BCUT2D eigenvalue weighted by atomic mass is 16.2. The summed E-state index contributed by atoms with van der Waals surface area (Å²) in [6.07, 6.45) is 6.47. The van der Waals surface area contributed by atoms with Crippen LogP contribution in [0.3, 0.4) is 0 Å². The van der Waals surface area contributed by atoms with Crippen LogP contribution >= 0.6 is 0 Å². The van der Waals surface area contributed by atoms with E-state index in [1.165, 1.54) is 17.4 Å². The zero-order valence-corrected chi connectivity index (χ0v) is 22.2. The number of para-hydroxylation sites is 1. The van der Waals surface area contributed by atoms with Crippen molar-refractivity contribution in [2.45, 2.75) is 67.0 Å². The minimum atomic E-state index is -0.689. The average Bonchev–Trinajstić information content (AvgIpc) is 3.12. The smallest absolute Gasteiger partial charge is 0.246 e. The normalized spacial score (nSPS) is 13.2. The molecule has 0 saturated heterocycles. The van der Waals surface area contributed by atoms with Crippen molar-refractivity contribution in [1.29, 1.82) is 0 Å². The average molecular weight is 481 g/mol. The third-order valence-corrected chi connectivity index (χ3v) is 5.97. The number of carbonyl (C=O) groups excluding carboxylic acids is 3. The fourth-order valence-electron chi connectivity index (χ4n) is 4.18. The van der Waals surface area contributed by atoms with Crippen LogP contribution in [0.1, 0.15) is 59.7 Å². The molecule has 1 heterocycles. The predicted octanol–water partition coefficient (Wildman–Crippen LogP) is 4.41. The maximum atomic E-state index is 13.2. The Balaban J connectivity index is 2.25. The van der Waals surface area contributed by atoms with Crippen LogP contribution in [0, 0.1) is 11.8 Å². The molecule has 1 aromatic heterocycles. The molecule has 0 spiro atoms. The van der Waals surface area contributed by atoms with Crippen molar-refractivity contribution in [3.8, 4) is 0 Å². The van der Waals surface area contributed by atoms with Gasteiger partial charge in [-0.15, -0.1) is 0 Å². The van der Waals surface area contributed by atoms with Crippen LogP contribution in [0.25, 0.3) is 17.0 Å². The molecule has 0 radical (unpaired) electrons. The number of carbonyl (C=O) groups is 3. The van der Waals surface area contributed by atoms with Gasteiger partial charge in [0.2, 0.25) is 17.7 Å². The SMILES string of the molecule is CC(=O)N[C@H](C(=O)N(C)[C@H](C(=O)N/C=C/c1c(CC=C(C)C)[nH]c2ccccc12)C(C)C)C(C)C. The summed E-state index contributed by atoms with van der Waals surface area (Å²) in [6, 6.07) is 6.70. The predicted molar refractivity (Wildman–Crippen MR) is 142 cm³/mol. The van der Waals surface area contributed by atoms with Crippen molar-refractivity contribution in [1.82, 2.24) is 20.5 Å².